The van der Waals surface area contributed by atoms with Gasteiger partial charge < -0.3 is 15.9 Å². The molecule has 4 rings (SSSR count). The van der Waals surface area contributed by atoms with Crippen molar-refractivity contribution in [3.63, 3.8) is 0 Å². The third kappa shape index (κ3) is 2.01. The average Bonchev–Trinajstić information content (AvgIpc) is 2.84. The Balaban J connectivity index is 1.84. The first kappa shape index (κ1) is 19.9. The van der Waals surface area contributed by atoms with Crippen LogP contribution in [0.2, 0.25) is 0 Å². The average molecular weight is 391 g/mol. The Labute approximate surface area is 164 Å². The van der Waals surface area contributed by atoms with E-state index in [1.165, 1.54) is 12.2 Å². The number of Topliss-reactive ketones (excluding diaryl/α,β-unsaturated/α-hetero) is 1. The van der Waals surface area contributed by atoms with E-state index in [0.29, 0.717) is 19.3 Å². The van der Waals surface area contributed by atoms with E-state index in [1.807, 2.05) is 13.8 Å². The largest absolute Gasteiger partial charge is 0.390 e. The minimum absolute atomic E-state index is 0.0120. The Kier molecular flexibility index (Phi) is 4.15. The molecular formula is C22H30FNO4. The summed E-state index contributed by atoms with van der Waals surface area (Å²) < 4.78 is 16.9. The third-order valence-electron chi connectivity index (χ3n) is 8.83. The number of alkyl halides is 1. The van der Waals surface area contributed by atoms with Crippen molar-refractivity contribution in [1.82, 2.24) is 0 Å². The molecule has 3 fully saturated rings. The molecule has 0 aromatic rings. The molecular weight excluding hydrogens is 361 g/mol. The van der Waals surface area contributed by atoms with Crippen LogP contribution in [0.1, 0.15) is 46.5 Å². The van der Waals surface area contributed by atoms with Crippen molar-refractivity contribution in [3.8, 4) is 0 Å². The van der Waals surface area contributed by atoms with Gasteiger partial charge in [-0.15, -0.1) is 0 Å². The second kappa shape index (κ2) is 5.83. The minimum Gasteiger partial charge on any atom is -0.390 e. The summed E-state index contributed by atoms with van der Waals surface area (Å²) in [4.78, 5) is 24.5. The monoisotopic (exact) mass is 391 g/mol. The molecule has 154 valence electrons. The Bertz CT molecular complexity index is 808. The number of hydrogen-bond acceptors (Lipinski definition) is 5. The van der Waals surface area contributed by atoms with E-state index in [-0.39, 0.29) is 30.6 Å². The van der Waals surface area contributed by atoms with Gasteiger partial charge in [0.05, 0.1) is 12.6 Å². The summed E-state index contributed by atoms with van der Waals surface area (Å²) >= 11 is 0. The van der Waals surface area contributed by atoms with Crippen LogP contribution in [0, 0.1) is 28.6 Å². The van der Waals surface area contributed by atoms with E-state index in [1.54, 1.807) is 13.0 Å². The van der Waals surface area contributed by atoms with Gasteiger partial charge in [-0.2, -0.15) is 0 Å². The van der Waals surface area contributed by atoms with Crippen molar-refractivity contribution in [2.24, 2.45) is 34.3 Å². The molecule has 3 saturated carbocycles. The Morgan fingerprint density at radius 3 is 2.68 bits per heavy atom. The van der Waals surface area contributed by atoms with Gasteiger partial charge in [0.2, 0.25) is 0 Å². The first-order valence-electron chi connectivity index (χ1n) is 10.2. The molecule has 4 aliphatic carbocycles. The maximum atomic E-state index is 16.9. The molecule has 0 aromatic heterocycles. The van der Waals surface area contributed by atoms with Gasteiger partial charge in [0, 0.05) is 16.7 Å². The number of hydrogen-bond donors (Lipinski definition) is 3. The van der Waals surface area contributed by atoms with Crippen LogP contribution in [-0.4, -0.2) is 45.7 Å². The van der Waals surface area contributed by atoms with Crippen molar-refractivity contribution < 1.29 is 24.2 Å². The van der Waals surface area contributed by atoms with Crippen LogP contribution in [0.4, 0.5) is 4.39 Å². The van der Waals surface area contributed by atoms with E-state index in [9.17, 15) is 19.8 Å². The van der Waals surface area contributed by atoms with Gasteiger partial charge in [0.25, 0.3) is 0 Å². The van der Waals surface area contributed by atoms with E-state index >= 15 is 4.39 Å². The zero-order valence-electron chi connectivity index (χ0n) is 16.7. The molecule has 0 spiro atoms. The van der Waals surface area contributed by atoms with Crippen LogP contribution in [0.25, 0.3) is 0 Å². The standard InChI is InChI=1S/C22H30FNO4/c1-12-8-16-15-5-4-13-9-14(25)6-7-19(13,2)21(15,23)17(26)10-20(16,3)22(12,28)18(27)11-24/h6-7,9,12,15-17,26,28H,4-5,8,10-11,24H2,1-3H3/t12?,15?,16?,17?,19-,20-,21-,22-/m0/s1. The molecule has 0 saturated heterocycles. The maximum absolute atomic E-state index is 16.9. The minimum atomic E-state index is -1.95. The highest BCUT2D eigenvalue weighted by atomic mass is 19.1. The predicted octanol–water partition coefficient (Wildman–Crippen LogP) is 1.86. The Morgan fingerprint density at radius 1 is 1.36 bits per heavy atom. The quantitative estimate of drug-likeness (QED) is 0.667. The second-order valence-electron chi connectivity index (χ2n) is 9.80. The Hall–Kier alpha value is -1.37. The summed E-state index contributed by atoms with van der Waals surface area (Å²) in [5.41, 5.74) is 0.711. The van der Waals surface area contributed by atoms with Crippen LogP contribution < -0.4 is 5.73 Å². The zero-order valence-corrected chi connectivity index (χ0v) is 16.7. The third-order valence-corrected chi connectivity index (χ3v) is 8.83. The number of carbonyl (C=O) groups is 2. The number of allylic oxidation sites excluding steroid dienone is 4. The SMILES string of the molecule is CC1CC2C3CCC4=CC(=O)C=C[C@]4(C)[C@@]3(F)C(O)C[C@]2(C)[C@@]1(O)C(=O)CN. The number of rotatable bonds is 2. The number of ketones is 2. The summed E-state index contributed by atoms with van der Waals surface area (Å²) in [5.74, 6) is -1.71. The number of halogens is 1. The van der Waals surface area contributed by atoms with Crippen molar-refractivity contribution in [2.45, 2.75) is 63.8 Å². The summed E-state index contributed by atoms with van der Waals surface area (Å²) in [6.07, 6.45) is 4.70. The van der Waals surface area contributed by atoms with Crippen molar-refractivity contribution in [1.29, 1.82) is 0 Å². The van der Waals surface area contributed by atoms with Crippen molar-refractivity contribution >= 4 is 11.6 Å². The molecule has 0 bridgehead atoms. The first-order valence-corrected chi connectivity index (χ1v) is 10.2. The van der Waals surface area contributed by atoms with E-state index in [0.717, 1.165) is 5.57 Å². The molecule has 28 heavy (non-hydrogen) atoms. The summed E-state index contributed by atoms with van der Waals surface area (Å²) in [7, 11) is 0. The highest BCUT2D eigenvalue weighted by Gasteiger charge is 2.75. The molecule has 0 aliphatic heterocycles. The smallest absolute Gasteiger partial charge is 0.178 e. The molecule has 0 aromatic carbocycles. The van der Waals surface area contributed by atoms with E-state index in [4.69, 9.17) is 5.73 Å². The fourth-order valence-corrected chi connectivity index (χ4v) is 7.30. The van der Waals surface area contributed by atoms with Gasteiger partial charge in [-0.25, -0.2) is 4.39 Å². The molecule has 4 N–H and O–H groups in total. The molecule has 4 unspecified atom stereocenters. The molecule has 0 heterocycles. The molecule has 6 heteroatoms. The number of aliphatic hydroxyl groups excluding tert-OH is 1. The topological polar surface area (TPSA) is 101 Å². The summed E-state index contributed by atoms with van der Waals surface area (Å²) in [6, 6.07) is 0. The van der Waals surface area contributed by atoms with Gasteiger partial charge in [-0.1, -0.05) is 25.5 Å². The van der Waals surface area contributed by atoms with Crippen molar-refractivity contribution in [3.05, 3.63) is 23.8 Å². The lowest BCUT2D eigenvalue weighted by Gasteiger charge is -2.62. The maximum Gasteiger partial charge on any atom is 0.178 e. The molecule has 8 atom stereocenters. The molecule has 0 radical (unpaired) electrons. The lowest BCUT2D eigenvalue weighted by Crippen LogP contribution is -2.69. The van der Waals surface area contributed by atoms with Crippen LogP contribution in [0.15, 0.2) is 23.8 Å². The van der Waals surface area contributed by atoms with E-state index < -0.39 is 39.9 Å². The van der Waals surface area contributed by atoms with Crippen LogP contribution in [0.3, 0.4) is 0 Å². The molecule has 5 nitrogen and oxygen atoms in total. The van der Waals surface area contributed by atoms with Gasteiger partial charge in [0.1, 0.15) is 5.60 Å². The lowest BCUT2D eigenvalue weighted by atomic mass is 9.44. The van der Waals surface area contributed by atoms with Crippen LogP contribution >= 0.6 is 0 Å². The summed E-state index contributed by atoms with van der Waals surface area (Å²) in [5, 5.41) is 22.6. The highest BCUT2D eigenvalue weighted by Crippen LogP contribution is 2.70. The number of carbonyl (C=O) groups excluding carboxylic acids is 2. The van der Waals surface area contributed by atoms with Crippen molar-refractivity contribution in [2.75, 3.05) is 6.54 Å². The molecule has 4 aliphatic rings. The van der Waals surface area contributed by atoms with Crippen LogP contribution in [0.5, 0.6) is 0 Å². The predicted molar refractivity (Wildman–Crippen MR) is 102 cm³/mol. The summed E-state index contributed by atoms with van der Waals surface area (Å²) in [6.45, 7) is 5.11. The fourth-order valence-electron chi connectivity index (χ4n) is 7.30. The number of fused-ring (bicyclic) bond motifs is 5. The highest BCUT2D eigenvalue weighted by molar-refractivity contribution is 6.01. The normalized spacial score (nSPS) is 52.5. The van der Waals surface area contributed by atoms with Gasteiger partial charge >= 0.3 is 0 Å². The van der Waals surface area contributed by atoms with Gasteiger partial charge in [-0.05, 0) is 56.6 Å². The lowest BCUT2D eigenvalue weighted by molar-refractivity contribution is -0.218. The van der Waals surface area contributed by atoms with Gasteiger partial charge in [-0.3, -0.25) is 9.59 Å². The van der Waals surface area contributed by atoms with Crippen LogP contribution in [-0.2, 0) is 9.59 Å². The second-order valence-corrected chi connectivity index (χ2v) is 9.80. The fraction of sp³-hybridized carbons (Fsp3) is 0.727. The van der Waals surface area contributed by atoms with E-state index in [2.05, 4.69) is 0 Å². The zero-order chi connectivity index (χ0) is 20.7. The first-order chi connectivity index (χ1) is 13.0. The Morgan fingerprint density at radius 2 is 2.04 bits per heavy atom. The van der Waals surface area contributed by atoms with Gasteiger partial charge in [0.15, 0.2) is 17.2 Å². The molecule has 0 amide bonds. The number of aliphatic hydroxyl groups is 2. The number of nitrogens with two attached hydrogens (primary N) is 1.